The molecule has 0 spiro atoms. The topological polar surface area (TPSA) is 52.7 Å². The molecule has 0 amide bonds. The average molecular weight is 182 g/mol. The summed E-state index contributed by atoms with van der Waals surface area (Å²) in [5.74, 6) is 0. The number of fused-ring (bicyclic) bond motifs is 1. The first kappa shape index (κ1) is 7.24. The molecule has 0 atom stereocenters. The third-order valence-corrected chi connectivity index (χ3v) is 1.65. The lowest BCUT2D eigenvalue weighted by Gasteiger charge is -1.96. The normalized spacial score (nSPS) is 10.4. The summed E-state index contributed by atoms with van der Waals surface area (Å²) in [5, 5.41) is 11.8. The molecule has 12 heavy (non-hydrogen) atoms. The maximum Gasteiger partial charge on any atom is 0.223 e. The van der Waals surface area contributed by atoms with Crippen LogP contribution in [0, 0.1) is 5.21 Å². The molecule has 0 unspecified atom stereocenters. The van der Waals surface area contributed by atoms with Crippen molar-refractivity contribution in [2.24, 2.45) is 0 Å². The van der Waals surface area contributed by atoms with E-state index in [2.05, 4.69) is 9.97 Å². The first-order valence-corrected chi connectivity index (χ1v) is 3.64. The van der Waals surface area contributed by atoms with Gasteiger partial charge in [0.15, 0.2) is 6.20 Å². The lowest BCUT2D eigenvalue weighted by atomic mass is 10.3. The van der Waals surface area contributed by atoms with Gasteiger partial charge in [-0.3, -0.25) is 0 Å². The van der Waals surface area contributed by atoms with Crippen LogP contribution in [0.1, 0.15) is 0 Å². The molecule has 0 radical (unpaired) electrons. The number of hydrogen-bond acceptors (Lipinski definition) is 3. The van der Waals surface area contributed by atoms with Crippen LogP contribution < -0.4 is 4.73 Å². The number of rotatable bonds is 0. The van der Waals surface area contributed by atoms with E-state index < -0.39 is 0 Å². The molecule has 0 aliphatic heterocycles. The molecule has 0 aliphatic carbocycles. The summed E-state index contributed by atoms with van der Waals surface area (Å²) < 4.78 is 0.672. The van der Waals surface area contributed by atoms with E-state index in [-0.39, 0.29) is 5.28 Å². The molecule has 60 valence electrons. The van der Waals surface area contributed by atoms with Crippen molar-refractivity contribution in [3.05, 3.63) is 35.1 Å². The van der Waals surface area contributed by atoms with Crippen molar-refractivity contribution in [1.29, 1.82) is 0 Å². The van der Waals surface area contributed by atoms with Crippen LogP contribution in [-0.4, -0.2) is 9.97 Å². The Labute approximate surface area is 73.0 Å². The molecular formula is C7H4ClN3O. The van der Waals surface area contributed by atoms with Crippen LogP contribution in [0.4, 0.5) is 0 Å². The molecule has 2 rings (SSSR count). The zero-order chi connectivity index (χ0) is 8.55. The summed E-state index contributed by atoms with van der Waals surface area (Å²) in [6, 6.07) is 1.64. The SMILES string of the molecule is [O-][n+]1ccc2cnc(Cl)nc2c1. The highest BCUT2D eigenvalue weighted by Crippen LogP contribution is 2.09. The van der Waals surface area contributed by atoms with Crippen molar-refractivity contribution in [3.8, 4) is 0 Å². The smallest absolute Gasteiger partial charge is 0.223 e. The van der Waals surface area contributed by atoms with E-state index in [1.807, 2.05) is 0 Å². The lowest BCUT2D eigenvalue weighted by Crippen LogP contribution is -2.23. The molecule has 0 aromatic carbocycles. The fraction of sp³-hybridized carbons (Fsp3) is 0. The summed E-state index contributed by atoms with van der Waals surface area (Å²) in [7, 11) is 0. The van der Waals surface area contributed by atoms with Crippen LogP contribution in [0.25, 0.3) is 10.9 Å². The van der Waals surface area contributed by atoms with E-state index in [1.54, 1.807) is 12.3 Å². The van der Waals surface area contributed by atoms with Gasteiger partial charge in [-0.25, -0.2) is 9.97 Å². The molecule has 0 saturated heterocycles. The molecule has 0 fully saturated rings. The van der Waals surface area contributed by atoms with Gasteiger partial charge in [0.2, 0.25) is 11.5 Å². The maximum absolute atomic E-state index is 10.8. The highest BCUT2D eigenvalue weighted by Gasteiger charge is 2.00. The number of hydrogen-bond donors (Lipinski definition) is 0. The van der Waals surface area contributed by atoms with Gasteiger partial charge >= 0.3 is 0 Å². The first-order chi connectivity index (χ1) is 5.75. The monoisotopic (exact) mass is 181 g/mol. The van der Waals surface area contributed by atoms with E-state index in [4.69, 9.17) is 11.6 Å². The molecule has 5 heteroatoms. The second-order valence-corrected chi connectivity index (χ2v) is 2.62. The van der Waals surface area contributed by atoms with Crippen molar-refractivity contribution in [1.82, 2.24) is 9.97 Å². The lowest BCUT2D eigenvalue weighted by molar-refractivity contribution is -0.604. The molecular weight excluding hydrogens is 178 g/mol. The maximum atomic E-state index is 10.8. The Kier molecular flexibility index (Phi) is 1.55. The zero-order valence-corrected chi connectivity index (χ0v) is 6.69. The van der Waals surface area contributed by atoms with Crippen LogP contribution in [0.3, 0.4) is 0 Å². The van der Waals surface area contributed by atoms with Gasteiger partial charge in [-0.2, -0.15) is 4.73 Å². The van der Waals surface area contributed by atoms with Crippen molar-refractivity contribution in [2.45, 2.75) is 0 Å². The highest BCUT2D eigenvalue weighted by molar-refractivity contribution is 6.28. The Morgan fingerprint density at radius 2 is 2.33 bits per heavy atom. The minimum Gasteiger partial charge on any atom is -0.619 e. The van der Waals surface area contributed by atoms with E-state index in [9.17, 15) is 5.21 Å². The van der Waals surface area contributed by atoms with E-state index in [0.717, 1.165) is 5.39 Å². The van der Waals surface area contributed by atoms with Gasteiger partial charge in [0.25, 0.3) is 0 Å². The average Bonchev–Trinajstić information content (AvgIpc) is 2.03. The highest BCUT2D eigenvalue weighted by atomic mass is 35.5. The van der Waals surface area contributed by atoms with Crippen LogP contribution in [0.15, 0.2) is 24.7 Å². The summed E-state index contributed by atoms with van der Waals surface area (Å²) in [6.07, 6.45) is 4.31. The first-order valence-electron chi connectivity index (χ1n) is 3.27. The second-order valence-electron chi connectivity index (χ2n) is 2.28. The fourth-order valence-corrected chi connectivity index (χ4v) is 1.07. The van der Waals surface area contributed by atoms with E-state index in [1.165, 1.54) is 12.4 Å². The van der Waals surface area contributed by atoms with Gasteiger partial charge in [0.05, 0.1) is 0 Å². The fourth-order valence-electron chi connectivity index (χ4n) is 0.931. The number of aromatic nitrogens is 3. The molecule has 0 aliphatic rings. The Bertz CT molecular complexity index is 395. The predicted molar refractivity (Wildman–Crippen MR) is 43.5 cm³/mol. The molecule has 2 aromatic rings. The van der Waals surface area contributed by atoms with Crippen molar-refractivity contribution in [2.75, 3.05) is 0 Å². The van der Waals surface area contributed by atoms with Crippen molar-refractivity contribution < 1.29 is 4.73 Å². The van der Waals surface area contributed by atoms with Crippen LogP contribution >= 0.6 is 11.6 Å². The van der Waals surface area contributed by atoms with E-state index in [0.29, 0.717) is 10.2 Å². The van der Waals surface area contributed by atoms with Gasteiger partial charge in [0, 0.05) is 17.6 Å². The Balaban J connectivity index is 2.80. The van der Waals surface area contributed by atoms with Gasteiger partial charge in [0.1, 0.15) is 5.52 Å². The Morgan fingerprint density at radius 1 is 1.50 bits per heavy atom. The van der Waals surface area contributed by atoms with Gasteiger partial charge in [-0.15, -0.1) is 0 Å². The van der Waals surface area contributed by atoms with Crippen LogP contribution in [0.2, 0.25) is 5.28 Å². The van der Waals surface area contributed by atoms with Crippen molar-refractivity contribution in [3.63, 3.8) is 0 Å². The molecule has 0 saturated carbocycles. The predicted octanol–water partition coefficient (Wildman–Crippen LogP) is 0.917. The Morgan fingerprint density at radius 3 is 3.17 bits per heavy atom. The summed E-state index contributed by atoms with van der Waals surface area (Å²) >= 11 is 5.54. The summed E-state index contributed by atoms with van der Waals surface area (Å²) in [6.45, 7) is 0. The van der Waals surface area contributed by atoms with Crippen molar-refractivity contribution >= 4 is 22.5 Å². The largest absolute Gasteiger partial charge is 0.619 e. The standard InChI is InChI=1S/C7H4ClN3O/c8-7-9-3-5-1-2-11(12)4-6(5)10-7/h1-4H. The minimum atomic E-state index is 0.147. The summed E-state index contributed by atoms with van der Waals surface area (Å²) in [4.78, 5) is 7.65. The van der Waals surface area contributed by atoms with Crippen LogP contribution in [0.5, 0.6) is 0 Å². The summed E-state index contributed by atoms with van der Waals surface area (Å²) in [5.41, 5.74) is 0.549. The minimum absolute atomic E-state index is 0.147. The number of pyridine rings is 1. The Hall–Kier alpha value is -1.42. The second kappa shape index (κ2) is 2.57. The van der Waals surface area contributed by atoms with Crippen LogP contribution in [-0.2, 0) is 0 Å². The number of halogens is 1. The molecule has 4 nitrogen and oxygen atoms in total. The molecule has 2 heterocycles. The third kappa shape index (κ3) is 1.16. The van der Waals surface area contributed by atoms with Gasteiger partial charge in [-0.05, 0) is 11.6 Å². The molecule has 0 N–H and O–H groups in total. The molecule has 0 bridgehead atoms. The zero-order valence-electron chi connectivity index (χ0n) is 5.94. The molecule has 2 aromatic heterocycles. The quantitative estimate of drug-likeness (QED) is 0.345. The van der Waals surface area contributed by atoms with Gasteiger partial charge in [-0.1, -0.05) is 0 Å². The third-order valence-electron chi connectivity index (χ3n) is 1.47. The number of nitrogens with zero attached hydrogens (tertiary/aromatic N) is 3. The van der Waals surface area contributed by atoms with E-state index >= 15 is 0 Å². The van der Waals surface area contributed by atoms with Gasteiger partial charge < -0.3 is 5.21 Å².